The number of aliphatic hydroxyl groups excluding tert-OH is 1. The monoisotopic (exact) mass is 307 g/mol. The van der Waals surface area contributed by atoms with Crippen molar-refractivity contribution in [3.8, 4) is 0 Å². The van der Waals surface area contributed by atoms with Gasteiger partial charge in [0.05, 0.1) is 13.0 Å². The average Bonchev–Trinajstić information content (AvgIpc) is 2.82. The zero-order valence-corrected chi connectivity index (χ0v) is 15.2. The maximum atomic E-state index is 9.35. The Kier molecular flexibility index (Phi) is 5.49. The molecule has 1 rings (SSSR count). The third-order valence-electron chi connectivity index (χ3n) is 3.56. The zero-order chi connectivity index (χ0) is 17.1. The van der Waals surface area contributed by atoms with Gasteiger partial charge in [0.2, 0.25) is 0 Å². The predicted molar refractivity (Wildman–Crippen MR) is 89.9 cm³/mol. The molecule has 22 heavy (non-hydrogen) atoms. The fourth-order valence-electron chi connectivity index (χ4n) is 2.43. The smallest absolute Gasteiger partial charge is 0.276 e. The first-order valence-corrected chi connectivity index (χ1v) is 7.73. The summed E-state index contributed by atoms with van der Waals surface area (Å²) in [5.74, 6) is 1.36. The summed E-state index contributed by atoms with van der Waals surface area (Å²) in [7, 11) is 1.45. The Morgan fingerprint density at radius 1 is 1.27 bits per heavy atom. The molecule has 1 unspecified atom stereocenters. The molecule has 1 aromatic rings. The molecule has 124 valence electrons. The Hall–Kier alpha value is -1.71. The minimum atomic E-state index is -0.0849. The van der Waals surface area contributed by atoms with Crippen LogP contribution in [-0.4, -0.2) is 16.8 Å². The molecule has 0 bridgehead atoms. The first-order valence-electron chi connectivity index (χ1n) is 7.73. The normalized spacial score (nSPS) is 15.4. The van der Waals surface area contributed by atoms with Crippen molar-refractivity contribution in [1.82, 2.24) is 4.57 Å². The van der Waals surface area contributed by atoms with E-state index < -0.39 is 0 Å². The quantitative estimate of drug-likeness (QED) is 0.519. The van der Waals surface area contributed by atoms with Crippen LogP contribution in [-0.2, 0) is 15.8 Å². The molecule has 1 heterocycles. The lowest BCUT2D eigenvalue weighted by atomic mass is 10.0. The van der Waals surface area contributed by atoms with Gasteiger partial charge in [-0.25, -0.2) is 9.13 Å². The number of aromatic nitrogens is 2. The number of nitrogens with zero attached hydrogens (tertiary/aromatic N) is 2. The summed E-state index contributed by atoms with van der Waals surface area (Å²) in [4.78, 5) is 0. The second kappa shape index (κ2) is 6.59. The molecular formula is C18H31N2O2+. The van der Waals surface area contributed by atoms with Gasteiger partial charge in [-0.3, -0.25) is 0 Å². The van der Waals surface area contributed by atoms with Gasteiger partial charge in [-0.05, 0) is 48.5 Å². The number of hydrogen-bond donors (Lipinski definition) is 1. The topological polar surface area (TPSA) is 38.3 Å². The van der Waals surface area contributed by atoms with Gasteiger partial charge in [-0.1, -0.05) is 12.2 Å². The maximum absolute atomic E-state index is 9.35. The van der Waals surface area contributed by atoms with Crippen LogP contribution in [0.2, 0.25) is 0 Å². The van der Waals surface area contributed by atoms with Crippen molar-refractivity contribution < 1.29 is 14.4 Å². The van der Waals surface area contributed by atoms with Gasteiger partial charge in [-0.15, -0.1) is 0 Å². The molecule has 0 aliphatic rings. The van der Waals surface area contributed by atoms with E-state index in [1.807, 2.05) is 6.08 Å². The second-order valence-corrected chi connectivity index (χ2v) is 7.62. The van der Waals surface area contributed by atoms with Gasteiger partial charge in [0.25, 0.3) is 11.8 Å². The van der Waals surface area contributed by atoms with Crippen LogP contribution in [0.25, 0.3) is 0 Å². The molecular weight excluding hydrogens is 276 g/mol. The lowest BCUT2D eigenvalue weighted by Crippen LogP contribution is -2.53. The van der Waals surface area contributed by atoms with E-state index in [0.29, 0.717) is 0 Å². The van der Waals surface area contributed by atoms with Crippen LogP contribution in [0.4, 0.5) is 0 Å². The fraction of sp³-hybridized carbons (Fsp3) is 0.611. The van der Waals surface area contributed by atoms with Crippen LogP contribution >= 0.6 is 0 Å². The minimum Gasteiger partial charge on any atom is -0.481 e. The Labute approximate surface area is 134 Å². The van der Waals surface area contributed by atoms with E-state index in [2.05, 4.69) is 76.1 Å². The van der Waals surface area contributed by atoms with E-state index in [1.54, 1.807) is 6.08 Å². The van der Waals surface area contributed by atoms with Gasteiger partial charge in [0.15, 0.2) is 0 Å². The lowest BCUT2D eigenvalue weighted by molar-refractivity contribution is -0.760. The molecule has 0 spiro atoms. The van der Waals surface area contributed by atoms with Crippen molar-refractivity contribution in [2.75, 3.05) is 7.11 Å². The molecule has 0 aromatic carbocycles. The molecule has 1 N–H and O–H groups in total. The molecule has 4 nitrogen and oxygen atoms in total. The summed E-state index contributed by atoms with van der Waals surface area (Å²) in [6.45, 7) is 15.4. The molecule has 0 saturated heterocycles. The molecule has 1 atom stereocenters. The molecule has 0 saturated carbocycles. The number of methoxy groups -OCH3 is 1. The second-order valence-electron chi connectivity index (χ2n) is 7.62. The highest BCUT2D eigenvalue weighted by Crippen LogP contribution is 2.24. The Balaban J connectivity index is 3.28. The SMILES string of the molecule is CO/C(O)=C/C=C\C(C)c1n(C(C)(C)C)cc[n+]1C(C)(C)C. The highest BCUT2D eigenvalue weighted by atomic mass is 16.6. The lowest BCUT2D eigenvalue weighted by Gasteiger charge is -2.23. The Morgan fingerprint density at radius 2 is 1.86 bits per heavy atom. The van der Waals surface area contributed by atoms with Crippen molar-refractivity contribution in [3.63, 3.8) is 0 Å². The van der Waals surface area contributed by atoms with Crippen LogP contribution in [0.5, 0.6) is 0 Å². The first kappa shape index (κ1) is 18.3. The van der Waals surface area contributed by atoms with Gasteiger partial charge in [0, 0.05) is 6.08 Å². The predicted octanol–water partition coefficient (Wildman–Crippen LogP) is 3.99. The number of rotatable bonds is 4. The first-order chi connectivity index (χ1) is 9.98. The van der Waals surface area contributed by atoms with Crippen LogP contribution in [0, 0.1) is 0 Å². The van der Waals surface area contributed by atoms with Crippen molar-refractivity contribution in [3.05, 3.63) is 42.4 Å². The summed E-state index contributed by atoms with van der Waals surface area (Å²) < 4.78 is 9.36. The number of aliphatic hydroxyl groups is 1. The Bertz CT molecular complexity index is 523. The van der Waals surface area contributed by atoms with Crippen LogP contribution < -0.4 is 4.57 Å². The summed E-state index contributed by atoms with van der Waals surface area (Å²) in [5, 5.41) is 9.35. The molecule has 0 radical (unpaired) electrons. The van der Waals surface area contributed by atoms with Crippen molar-refractivity contribution in [2.45, 2.75) is 65.5 Å². The van der Waals surface area contributed by atoms with Gasteiger partial charge < -0.3 is 9.84 Å². The third-order valence-corrected chi connectivity index (χ3v) is 3.56. The highest BCUT2D eigenvalue weighted by molar-refractivity contribution is 5.12. The summed E-state index contributed by atoms with van der Waals surface area (Å²) >= 11 is 0. The highest BCUT2D eigenvalue weighted by Gasteiger charge is 2.34. The van der Waals surface area contributed by atoms with Crippen LogP contribution in [0.1, 0.15) is 60.2 Å². The van der Waals surface area contributed by atoms with Crippen LogP contribution in [0.15, 0.2) is 36.6 Å². The van der Waals surface area contributed by atoms with E-state index in [4.69, 9.17) is 4.74 Å². The molecule has 0 fully saturated rings. The molecule has 0 amide bonds. The summed E-state index contributed by atoms with van der Waals surface area (Å²) in [6, 6.07) is 0. The van der Waals surface area contributed by atoms with Crippen molar-refractivity contribution in [2.24, 2.45) is 0 Å². The summed E-state index contributed by atoms with van der Waals surface area (Å²) in [5.41, 5.74) is 0.0247. The average molecular weight is 307 g/mol. The molecule has 1 aromatic heterocycles. The summed E-state index contributed by atoms with van der Waals surface area (Å²) in [6.07, 6.45) is 9.74. The maximum Gasteiger partial charge on any atom is 0.276 e. The van der Waals surface area contributed by atoms with E-state index >= 15 is 0 Å². The van der Waals surface area contributed by atoms with Gasteiger partial charge in [-0.2, -0.15) is 0 Å². The fourth-order valence-corrected chi connectivity index (χ4v) is 2.43. The standard InChI is InChI=1S/C18H30N2O2/c1-14(10-9-11-15(21)22-8)16-19(17(2,3)4)12-13-20(16)18(5,6)7/h9-14H,1-8H3/p+1/b10-9-,15-11+. The number of hydrogen-bond acceptors (Lipinski definition) is 2. The van der Waals surface area contributed by atoms with E-state index in [9.17, 15) is 5.11 Å². The zero-order valence-electron chi connectivity index (χ0n) is 15.2. The van der Waals surface area contributed by atoms with Crippen LogP contribution in [0.3, 0.4) is 0 Å². The minimum absolute atomic E-state index is 0.0123. The Morgan fingerprint density at radius 3 is 2.32 bits per heavy atom. The van der Waals surface area contributed by atoms with E-state index in [0.717, 1.165) is 0 Å². The van der Waals surface area contributed by atoms with Crippen molar-refractivity contribution in [1.29, 1.82) is 0 Å². The molecule has 0 aliphatic carbocycles. The van der Waals surface area contributed by atoms with Crippen molar-refractivity contribution >= 4 is 0 Å². The largest absolute Gasteiger partial charge is 0.481 e. The van der Waals surface area contributed by atoms with E-state index in [-0.39, 0.29) is 22.9 Å². The molecule has 0 aliphatic heterocycles. The number of imidazole rings is 1. The number of ether oxygens (including phenoxy) is 1. The van der Waals surface area contributed by atoms with Gasteiger partial charge >= 0.3 is 0 Å². The van der Waals surface area contributed by atoms with Gasteiger partial charge in [0.1, 0.15) is 23.5 Å². The van der Waals surface area contributed by atoms with E-state index in [1.165, 1.54) is 12.9 Å². The molecule has 4 heteroatoms. The number of allylic oxidation sites excluding steroid dienone is 3. The third kappa shape index (κ3) is 4.39.